The molecule has 0 aliphatic rings. The molecule has 15 heavy (non-hydrogen) atoms. The molecule has 0 amide bonds. The minimum absolute atomic E-state index is 0.0937. The van der Waals surface area contributed by atoms with E-state index in [1.165, 1.54) is 10.4 Å². The first-order valence-corrected chi connectivity index (χ1v) is 6.30. The van der Waals surface area contributed by atoms with Gasteiger partial charge < -0.3 is 0 Å². The van der Waals surface area contributed by atoms with Crippen LogP contribution in [-0.4, -0.2) is 0 Å². The summed E-state index contributed by atoms with van der Waals surface area (Å²) in [5.41, 5.74) is 1.44. The van der Waals surface area contributed by atoms with Crippen molar-refractivity contribution >= 4 is 17.4 Å². The van der Waals surface area contributed by atoms with Crippen molar-refractivity contribution in [2.75, 3.05) is 0 Å². The van der Waals surface area contributed by atoms with Crippen molar-refractivity contribution in [3.05, 3.63) is 40.6 Å². The molecule has 84 valence electrons. The minimum atomic E-state index is 0.0937. The Morgan fingerprint density at radius 2 is 1.93 bits per heavy atom. The van der Waals surface area contributed by atoms with Gasteiger partial charge in [-0.15, -0.1) is 17.9 Å². The first kappa shape index (κ1) is 14.2. The smallest absolute Gasteiger partial charge is 0.0296 e. The third-order valence-electron chi connectivity index (χ3n) is 2.09. The summed E-state index contributed by atoms with van der Waals surface area (Å²) in [5, 5.41) is 2.12. The first-order valence-electron chi connectivity index (χ1n) is 5.42. The molecule has 0 spiro atoms. The molecule has 0 atom stereocenters. The van der Waals surface area contributed by atoms with E-state index in [-0.39, 0.29) is 5.41 Å². The summed E-state index contributed by atoms with van der Waals surface area (Å²) in [6, 6.07) is 2.14. The van der Waals surface area contributed by atoms with Gasteiger partial charge >= 0.3 is 0 Å². The van der Waals surface area contributed by atoms with E-state index in [9.17, 15) is 0 Å². The Kier molecular flexibility index (Phi) is 6.26. The Morgan fingerprint density at radius 1 is 1.33 bits per heavy atom. The zero-order chi connectivity index (χ0) is 11.9. The molecule has 0 fully saturated rings. The summed E-state index contributed by atoms with van der Waals surface area (Å²) in [6.07, 6.45) is 6.34. The maximum Gasteiger partial charge on any atom is 0.0296 e. The zero-order valence-electron chi connectivity index (χ0n) is 10.5. The van der Waals surface area contributed by atoms with Gasteiger partial charge in [0.1, 0.15) is 0 Å². The molecule has 0 saturated heterocycles. The highest BCUT2D eigenvalue weighted by Gasteiger charge is 2.07. The predicted octanol–water partition coefficient (Wildman–Crippen LogP) is 5.31. The number of rotatable bonds is 3. The van der Waals surface area contributed by atoms with E-state index in [2.05, 4.69) is 50.9 Å². The van der Waals surface area contributed by atoms with Gasteiger partial charge in [-0.2, -0.15) is 0 Å². The van der Waals surface area contributed by atoms with Crippen LogP contribution in [0.4, 0.5) is 0 Å². The highest BCUT2D eigenvalue weighted by Crippen LogP contribution is 2.23. The number of allylic oxidation sites excluding steroid dienone is 2. The summed E-state index contributed by atoms with van der Waals surface area (Å²) in [7, 11) is 0. The lowest BCUT2D eigenvalue weighted by Gasteiger charge is -2.12. The molecular formula is C14H22S. The Labute approximate surface area is 98.3 Å². The van der Waals surface area contributed by atoms with Gasteiger partial charge in [-0.3, -0.25) is 0 Å². The fraction of sp³-hybridized carbons (Fsp3) is 0.429. The van der Waals surface area contributed by atoms with Crippen LogP contribution in [0.15, 0.2) is 30.2 Å². The number of hydrogen-bond donors (Lipinski definition) is 0. The molecule has 1 aromatic heterocycles. The predicted molar refractivity (Wildman–Crippen MR) is 73.4 cm³/mol. The van der Waals surface area contributed by atoms with Crippen molar-refractivity contribution in [2.24, 2.45) is 5.41 Å². The lowest BCUT2D eigenvalue weighted by molar-refractivity contribution is 0.631. The summed E-state index contributed by atoms with van der Waals surface area (Å²) in [6.45, 7) is 14.2. The van der Waals surface area contributed by atoms with Crippen LogP contribution in [0.25, 0.3) is 6.08 Å². The topological polar surface area (TPSA) is 0 Å². The molecule has 0 aliphatic carbocycles. The quantitative estimate of drug-likeness (QED) is 0.608. The molecule has 1 heterocycles. The van der Waals surface area contributed by atoms with Gasteiger partial charge in [-0.05, 0) is 30.0 Å². The van der Waals surface area contributed by atoms with Crippen molar-refractivity contribution in [3.8, 4) is 0 Å². The number of aryl methyl sites for hydroxylation is 1. The highest BCUT2D eigenvalue weighted by molar-refractivity contribution is 7.11. The van der Waals surface area contributed by atoms with Crippen LogP contribution >= 0.6 is 11.3 Å². The molecule has 0 unspecified atom stereocenters. The molecule has 1 aromatic rings. The summed E-state index contributed by atoms with van der Waals surface area (Å²) in [5.74, 6) is 0. The zero-order valence-corrected chi connectivity index (χ0v) is 11.3. The van der Waals surface area contributed by atoms with E-state index in [0.717, 1.165) is 0 Å². The number of hydrogen-bond acceptors (Lipinski definition) is 1. The maximum atomic E-state index is 3.81. The van der Waals surface area contributed by atoms with Crippen LogP contribution < -0.4 is 0 Å². The fourth-order valence-corrected chi connectivity index (χ4v) is 1.73. The van der Waals surface area contributed by atoms with Crippen LogP contribution in [0.5, 0.6) is 0 Å². The van der Waals surface area contributed by atoms with Crippen LogP contribution in [-0.2, 0) is 0 Å². The van der Waals surface area contributed by atoms with Crippen molar-refractivity contribution in [1.82, 2.24) is 0 Å². The molecule has 0 saturated carbocycles. The van der Waals surface area contributed by atoms with E-state index in [1.807, 2.05) is 19.9 Å². The Hall–Kier alpha value is -0.820. The first-order chi connectivity index (χ1) is 7.05. The lowest BCUT2D eigenvalue weighted by Crippen LogP contribution is -2.00. The Morgan fingerprint density at radius 3 is 2.33 bits per heavy atom. The van der Waals surface area contributed by atoms with Crippen LogP contribution in [0.1, 0.15) is 38.1 Å². The van der Waals surface area contributed by atoms with Gasteiger partial charge in [0.2, 0.25) is 0 Å². The maximum absolute atomic E-state index is 3.81. The minimum Gasteiger partial charge on any atom is -0.144 e. The monoisotopic (exact) mass is 222 g/mol. The second-order valence-corrected chi connectivity index (χ2v) is 4.77. The average Bonchev–Trinajstić information content (AvgIpc) is 2.64. The molecule has 0 aromatic carbocycles. The molecule has 0 N–H and O–H groups in total. The highest BCUT2D eigenvalue weighted by atomic mass is 32.1. The lowest BCUT2D eigenvalue weighted by atomic mass is 9.93. The Balaban J connectivity index is 0.000000921. The van der Waals surface area contributed by atoms with E-state index >= 15 is 0 Å². The van der Waals surface area contributed by atoms with Crippen molar-refractivity contribution in [2.45, 2.75) is 34.6 Å². The third kappa shape index (κ3) is 4.98. The van der Waals surface area contributed by atoms with E-state index in [1.54, 1.807) is 11.3 Å². The van der Waals surface area contributed by atoms with Gasteiger partial charge in [0, 0.05) is 10.3 Å². The molecule has 0 radical (unpaired) electrons. The van der Waals surface area contributed by atoms with Gasteiger partial charge in [-0.25, -0.2) is 0 Å². The van der Waals surface area contributed by atoms with Gasteiger partial charge in [0.15, 0.2) is 0 Å². The van der Waals surface area contributed by atoms with E-state index < -0.39 is 0 Å². The van der Waals surface area contributed by atoms with Crippen molar-refractivity contribution in [3.63, 3.8) is 0 Å². The molecule has 0 nitrogen and oxygen atoms in total. The summed E-state index contributed by atoms with van der Waals surface area (Å²) in [4.78, 5) is 1.34. The number of thiophene rings is 1. The summed E-state index contributed by atoms with van der Waals surface area (Å²) < 4.78 is 0. The van der Waals surface area contributed by atoms with Crippen molar-refractivity contribution < 1.29 is 0 Å². The second-order valence-electron chi connectivity index (χ2n) is 3.83. The fourth-order valence-electron chi connectivity index (χ4n) is 0.914. The largest absolute Gasteiger partial charge is 0.144 e. The standard InChI is InChI=1S/C12H16S.C2H6/c1-5-12(3,4)8-6-11-10(2)7-9-13-11;1-2/h5-9H,1H2,2-4H3;1-2H3/b8-6-;. The molecule has 0 bridgehead atoms. The molecule has 1 heteroatoms. The SMILES string of the molecule is C=CC(C)(C)/C=C\c1sccc1C.CC. The van der Waals surface area contributed by atoms with Crippen molar-refractivity contribution in [1.29, 1.82) is 0 Å². The van der Waals surface area contributed by atoms with E-state index in [0.29, 0.717) is 0 Å². The summed E-state index contributed by atoms with van der Waals surface area (Å²) >= 11 is 1.78. The molecule has 1 rings (SSSR count). The van der Waals surface area contributed by atoms with Crippen LogP contribution in [0.2, 0.25) is 0 Å². The van der Waals surface area contributed by atoms with Gasteiger partial charge in [-0.1, -0.05) is 39.8 Å². The van der Waals surface area contributed by atoms with E-state index in [4.69, 9.17) is 0 Å². The second kappa shape index (κ2) is 6.62. The van der Waals surface area contributed by atoms with Gasteiger partial charge in [0.05, 0.1) is 0 Å². The van der Waals surface area contributed by atoms with Gasteiger partial charge in [0.25, 0.3) is 0 Å². The normalized spacial score (nSPS) is 11.0. The third-order valence-corrected chi connectivity index (χ3v) is 3.08. The van der Waals surface area contributed by atoms with Crippen LogP contribution in [0.3, 0.4) is 0 Å². The molecular weight excluding hydrogens is 200 g/mol. The Bertz CT molecular complexity index is 316. The molecule has 0 aliphatic heterocycles. The average molecular weight is 222 g/mol. The van der Waals surface area contributed by atoms with Crippen LogP contribution in [0, 0.1) is 12.3 Å².